The fraction of sp³-hybridized carbons (Fsp3) is 0.250. The van der Waals surface area contributed by atoms with Crippen molar-refractivity contribution in [3.05, 3.63) is 84.2 Å². The number of hydrogen-bond acceptors (Lipinski definition) is 8. The van der Waals surface area contributed by atoms with Crippen molar-refractivity contribution >= 4 is 28.1 Å². The van der Waals surface area contributed by atoms with E-state index in [9.17, 15) is 13.9 Å². The second-order valence-electron chi connectivity index (χ2n) is 10.3. The topological polar surface area (TPSA) is 93.9 Å². The highest BCUT2D eigenvalue weighted by atomic mass is 19.1. The van der Waals surface area contributed by atoms with Gasteiger partial charge in [0.05, 0.1) is 73.7 Å². The molecule has 11 heteroatoms. The highest BCUT2D eigenvalue weighted by Gasteiger charge is 2.22. The number of benzene rings is 2. The maximum atomic E-state index is 14.9. The molecule has 1 saturated heterocycles. The number of fused-ring (bicyclic) bond motifs is 1. The summed E-state index contributed by atoms with van der Waals surface area (Å²) in [6.45, 7) is 4.38. The van der Waals surface area contributed by atoms with Gasteiger partial charge in [-0.25, -0.2) is 18.7 Å². The minimum atomic E-state index is -0.744. The summed E-state index contributed by atoms with van der Waals surface area (Å²) in [5.41, 5.74) is 2.28. The van der Waals surface area contributed by atoms with Crippen molar-refractivity contribution in [3.63, 3.8) is 0 Å². The molecule has 9 nitrogen and oxygen atoms in total. The molecular weight excluding hydrogens is 556 g/mol. The average molecular weight is 588 g/mol. The van der Waals surface area contributed by atoms with E-state index in [-0.39, 0.29) is 29.7 Å². The van der Waals surface area contributed by atoms with Crippen LogP contribution in [0.5, 0.6) is 17.4 Å². The molecule has 1 aliphatic heterocycles. The first-order valence-corrected chi connectivity index (χ1v) is 13.8. The third-order valence-corrected chi connectivity index (χ3v) is 7.58. The molecule has 4 heterocycles. The van der Waals surface area contributed by atoms with Crippen LogP contribution in [0.3, 0.4) is 0 Å². The zero-order valence-electron chi connectivity index (χ0n) is 24.0. The van der Waals surface area contributed by atoms with Crippen molar-refractivity contribution in [2.45, 2.75) is 19.5 Å². The van der Waals surface area contributed by atoms with E-state index in [0.29, 0.717) is 47.1 Å². The van der Waals surface area contributed by atoms with Crippen LogP contribution in [0, 0.1) is 11.6 Å². The summed E-state index contributed by atoms with van der Waals surface area (Å²) in [6.07, 6.45) is 3.40. The summed E-state index contributed by atoms with van der Waals surface area (Å²) in [5, 5.41) is 15.0. The molecule has 1 aliphatic rings. The van der Waals surface area contributed by atoms with Crippen LogP contribution in [-0.2, 0) is 11.3 Å². The predicted octanol–water partition coefficient (Wildman–Crippen LogP) is 6.12. The number of hydrogen-bond donors (Lipinski definition) is 2. The number of ether oxygens (including phenoxy) is 3. The Morgan fingerprint density at radius 1 is 1.07 bits per heavy atom. The van der Waals surface area contributed by atoms with Gasteiger partial charge < -0.3 is 34.1 Å². The zero-order valence-corrected chi connectivity index (χ0v) is 24.0. The summed E-state index contributed by atoms with van der Waals surface area (Å²) in [5.74, 6) is 0.131. The van der Waals surface area contributed by atoms with E-state index < -0.39 is 11.6 Å². The fourth-order valence-corrected chi connectivity index (χ4v) is 5.38. The van der Waals surface area contributed by atoms with Crippen LogP contribution in [0.4, 0.5) is 26.0 Å². The first-order valence-electron chi connectivity index (χ1n) is 13.8. The molecule has 2 N–H and O–H groups in total. The number of morpholine rings is 1. The molecule has 1 unspecified atom stereocenters. The molecule has 3 aromatic heterocycles. The van der Waals surface area contributed by atoms with Crippen LogP contribution >= 0.6 is 0 Å². The van der Waals surface area contributed by atoms with Gasteiger partial charge in [0.25, 0.3) is 0 Å². The van der Waals surface area contributed by atoms with Crippen LogP contribution in [0.15, 0.2) is 67.0 Å². The lowest BCUT2D eigenvalue weighted by molar-refractivity contribution is 0.0989. The maximum absolute atomic E-state index is 14.9. The number of nitrogens with one attached hydrogen (secondary N) is 1. The number of halogens is 2. The standard InChI is InChI=1S/C32H31F2N5O4/c1-19-18-43-12-11-39(19)21-8-10-29(35-15-21)37-26-14-25(30-23(33)5-4-6-24(30)34)36-27-17-38(32(40)31(26)27)16-20-7-9-22(41-2)13-28(20)42-3/h4-10,13-15,17,19,40H,11-12,16,18H2,1-3H3,(H,35,37). The van der Waals surface area contributed by atoms with Gasteiger partial charge in [0, 0.05) is 30.4 Å². The van der Waals surface area contributed by atoms with Crippen LogP contribution in [-0.4, -0.2) is 59.7 Å². The summed E-state index contributed by atoms with van der Waals surface area (Å²) >= 11 is 0. The number of aromatic hydroxyl groups is 1. The molecular formula is C32H31F2N5O4. The first kappa shape index (κ1) is 28.2. The molecule has 0 amide bonds. The molecule has 1 atom stereocenters. The minimum absolute atomic E-state index is 0.0727. The van der Waals surface area contributed by atoms with Gasteiger partial charge in [0.2, 0.25) is 5.88 Å². The van der Waals surface area contributed by atoms with Crippen LogP contribution < -0.4 is 19.7 Å². The van der Waals surface area contributed by atoms with Crippen LogP contribution in [0.2, 0.25) is 0 Å². The lowest BCUT2D eigenvalue weighted by atomic mass is 10.1. The van der Waals surface area contributed by atoms with Crippen molar-refractivity contribution < 1.29 is 28.1 Å². The molecule has 5 aromatic rings. The zero-order chi connectivity index (χ0) is 30.1. The first-order chi connectivity index (χ1) is 20.9. The van der Waals surface area contributed by atoms with Gasteiger partial charge in [0.1, 0.15) is 29.0 Å². The Bertz CT molecular complexity index is 1760. The third-order valence-electron chi connectivity index (χ3n) is 7.58. The number of aromatic nitrogens is 3. The van der Waals surface area contributed by atoms with E-state index in [1.807, 2.05) is 18.2 Å². The summed E-state index contributed by atoms with van der Waals surface area (Å²) in [6, 6.07) is 14.6. The van der Waals surface area contributed by atoms with E-state index in [4.69, 9.17) is 14.2 Å². The Labute approximate surface area is 247 Å². The van der Waals surface area contributed by atoms with Gasteiger partial charge in [0.15, 0.2) is 0 Å². The molecule has 0 bridgehead atoms. The van der Waals surface area contributed by atoms with Gasteiger partial charge in [-0.3, -0.25) is 0 Å². The Morgan fingerprint density at radius 3 is 2.58 bits per heavy atom. The second kappa shape index (κ2) is 11.8. The molecule has 0 saturated carbocycles. The van der Waals surface area contributed by atoms with Crippen molar-refractivity contribution in [2.24, 2.45) is 0 Å². The number of rotatable bonds is 8. The summed E-state index contributed by atoms with van der Waals surface area (Å²) in [7, 11) is 3.13. The number of methoxy groups -OCH3 is 2. The van der Waals surface area contributed by atoms with Crippen molar-refractivity contribution in [1.82, 2.24) is 14.5 Å². The SMILES string of the molecule is COc1ccc(Cn2cc3nc(-c4c(F)cccc4F)cc(Nc4ccc(N5CCOCC5C)cn4)c3c2O)c(OC)c1. The molecule has 6 rings (SSSR count). The van der Waals surface area contributed by atoms with Gasteiger partial charge >= 0.3 is 0 Å². The normalized spacial score (nSPS) is 15.1. The highest BCUT2D eigenvalue weighted by Crippen LogP contribution is 2.39. The molecule has 0 spiro atoms. The monoisotopic (exact) mass is 587 g/mol. The highest BCUT2D eigenvalue weighted by molar-refractivity contribution is 5.99. The maximum Gasteiger partial charge on any atom is 0.203 e. The van der Waals surface area contributed by atoms with Crippen LogP contribution in [0.1, 0.15) is 12.5 Å². The van der Waals surface area contributed by atoms with E-state index >= 15 is 0 Å². The Kier molecular flexibility index (Phi) is 7.73. The van der Waals surface area contributed by atoms with E-state index in [1.165, 1.54) is 24.3 Å². The average Bonchev–Trinajstić information content (AvgIpc) is 3.32. The van der Waals surface area contributed by atoms with Crippen molar-refractivity contribution in [2.75, 3.05) is 44.2 Å². The molecule has 222 valence electrons. The van der Waals surface area contributed by atoms with Gasteiger partial charge in [-0.2, -0.15) is 0 Å². The van der Waals surface area contributed by atoms with E-state index in [0.717, 1.165) is 17.8 Å². The summed E-state index contributed by atoms with van der Waals surface area (Å²) in [4.78, 5) is 11.4. The summed E-state index contributed by atoms with van der Waals surface area (Å²) < 4.78 is 47.7. The van der Waals surface area contributed by atoms with Crippen LogP contribution in [0.25, 0.3) is 22.2 Å². The van der Waals surface area contributed by atoms with Gasteiger partial charge in [-0.1, -0.05) is 6.07 Å². The number of nitrogens with zero attached hydrogens (tertiary/aromatic N) is 4. The molecule has 43 heavy (non-hydrogen) atoms. The smallest absolute Gasteiger partial charge is 0.203 e. The Morgan fingerprint density at radius 2 is 1.88 bits per heavy atom. The Balaban J connectivity index is 1.42. The predicted molar refractivity (Wildman–Crippen MR) is 161 cm³/mol. The van der Waals surface area contributed by atoms with E-state index in [1.54, 1.807) is 43.3 Å². The molecule has 2 aromatic carbocycles. The number of pyridine rings is 2. The molecule has 1 fully saturated rings. The fourth-order valence-electron chi connectivity index (χ4n) is 5.38. The van der Waals surface area contributed by atoms with Gasteiger partial charge in [-0.05, 0) is 49.4 Å². The largest absolute Gasteiger partial charge is 0.497 e. The minimum Gasteiger partial charge on any atom is -0.497 e. The number of anilines is 3. The van der Waals surface area contributed by atoms with Crippen molar-refractivity contribution in [1.29, 1.82) is 0 Å². The molecule has 0 aliphatic carbocycles. The Hall–Kier alpha value is -4.90. The van der Waals surface area contributed by atoms with Crippen molar-refractivity contribution in [3.8, 4) is 28.6 Å². The van der Waals surface area contributed by atoms with Gasteiger partial charge in [-0.15, -0.1) is 0 Å². The molecule has 0 radical (unpaired) electrons. The lowest BCUT2D eigenvalue weighted by Gasteiger charge is -2.35. The van der Waals surface area contributed by atoms with E-state index in [2.05, 4.69) is 27.1 Å². The second-order valence-corrected chi connectivity index (χ2v) is 10.3. The lowest BCUT2D eigenvalue weighted by Crippen LogP contribution is -2.43. The quantitative estimate of drug-likeness (QED) is 0.225. The third kappa shape index (κ3) is 5.51.